The first-order valence-corrected chi connectivity index (χ1v) is 7.65. The van der Waals surface area contributed by atoms with Crippen molar-refractivity contribution in [3.8, 4) is 0 Å². The van der Waals surface area contributed by atoms with Gasteiger partial charge in [-0.3, -0.25) is 19.8 Å². The summed E-state index contributed by atoms with van der Waals surface area (Å²) in [5.74, 6) is -0.335. The zero-order valence-electron chi connectivity index (χ0n) is 11.9. The molecule has 1 fully saturated rings. The molecule has 7 nitrogen and oxygen atoms in total. The van der Waals surface area contributed by atoms with Gasteiger partial charge < -0.3 is 5.73 Å². The van der Waals surface area contributed by atoms with E-state index in [4.69, 9.17) is 5.73 Å². The number of rotatable bonds is 4. The van der Waals surface area contributed by atoms with E-state index in [-0.39, 0.29) is 28.9 Å². The molecule has 1 heterocycles. The summed E-state index contributed by atoms with van der Waals surface area (Å²) in [6.07, 6.45) is 1.80. The number of nitro groups is 1. The van der Waals surface area contributed by atoms with Gasteiger partial charge in [-0.05, 0) is 25.8 Å². The van der Waals surface area contributed by atoms with Crippen LogP contribution in [0.4, 0.5) is 16.5 Å². The van der Waals surface area contributed by atoms with E-state index in [0.29, 0.717) is 5.13 Å². The third kappa shape index (κ3) is 2.52. The molecule has 0 bridgehead atoms. The number of thiazole rings is 1. The number of hydrogen-bond donors (Lipinski definition) is 1. The second-order valence-electron chi connectivity index (χ2n) is 5.17. The Bertz CT molecular complexity index is 754. The molecule has 0 unspecified atom stereocenters. The number of nitrogens with two attached hydrogens (primary N) is 1. The molecule has 1 saturated carbocycles. The van der Waals surface area contributed by atoms with Crippen molar-refractivity contribution in [2.24, 2.45) is 0 Å². The van der Waals surface area contributed by atoms with Gasteiger partial charge in [0.15, 0.2) is 5.13 Å². The molecular formula is C14H14N4O3S. The van der Waals surface area contributed by atoms with Gasteiger partial charge in [-0.2, -0.15) is 0 Å². The van der Waals surface area contributed by atoms with E-state index in [2.05, 4.69) is 4.98 Å². The van der Waals surface area contributed by atoms with Crippen LogP contribution in [0.15, 0.2) is 23.6 Å². The number of amides is 1. The maximum Gasteiger partial charge on any atom is 0.292 e. The second-order valence-corrected chi connectivity index (χ2v) is 6.01. The van der Waals surface area contributed by atoms with Gasteiger partial charge in [-0.25, -0.2) is 4.98 Å². The Labute approximate surface area is 130 Å². The maximum absolute atomic E-state index is 12.8. The SMILES string of the molecule is Cc1csc(N(C(=O)c2cccc([N+](=O)[O-])c2N)C2CC2)n1. The fourth-order valence-corrected chi connectivity index (χ4v) is 3.09. The number of carbonyl (C=O) groups excluding carboxylic acids is 1. The normalized spacial score (nSPS) is 13.9. The Hall–Kier alpha value is -2.48. The van der Waals surface area contributed by atoms with Crippen LogP contribution in [0.5, 0.6) is 0 Å². The summed E-state index contributed by atoms with van der Waals surface area (Å²) in [6, 6.07) is 4.37. The highest BCUT2D eigenvalue weighted by molar-refractivity contribution is 7.14. The van der Waals surface area contributed by atoms with Crippen LogP contribution in [-0.4, -0.2) is 21.9 Å². The number of benzene rings is 1. The van der Waals surface area contributed by atoms with E-state index >= 15 is 0 Å². The number of nitrogen functional groups attached to an aromatic ring is 1. The van der Waals surface area contributed by atoms with E-state index < -0.39 is 4.92 Å². The molecule has 3 rings (SSSR count). The number of anilines is 2. The number of para-hydroxylation sites is 1. The Kier molecular flexibility index (Phi) is 3.53. The molecule has 0 atom stereocenters. The van der Waals surface area contributed by atoms with Crippen molar-refractivity contribution in [3.63, 3.8) is 0 Å². The second kappa shape index (κ2) is 5.38. The topological polar surface area (TPSA) is 102 Å². The van der Waals surface area contributed by atoms with Gasteiger partial charge in [0.1, 0.15) is 5.69 Å². The molecule has 22 heavy (non-hydrogen) atoms. The van der Waals surface area contributed by atoms with E-state index in [1.807, 2.05) is 12.3 Å². The van der Waals surface area contributed by atoms with Crippen LogP contribution in [0.3, 0.4) is 0 Å². The first-order chi connectivity index (χ1) is 10.5. The fraction of sp³-hybridized carbons (Fsp3) is 0.286. The number of nitrogens with zero attached hydrogens (tertiary/aromatic N) is 3. The molecule has 1 aromatic carbocycles. The van der Waals surface area contributed by atoms with Crippen molar-refractivity contribution >= 4 is 33.8 Å². The zero-order valence-corrected chi connectivity index (χ0v) is 12.7. The van der Waals surface area contributed by atoms with E-state index in [1.54, 1.807) is 4.90 Å². The smallest absolute Gasteiger partial charge is 0.292 e. The monoisotopic (exact) mass is 318 g/mol. The van der Waals surface area contributed by atoms with Gasteiger partial charge in [0.2, 0.25) is 0 Å². The third-order valence-corrected chi connectivity index (χ3v) is 4.41. The first-order valence-electron chi connectivity index (χ1n) is 6.77. The molecule has 0 aliphatic heterocycles. The molecule has 1 amide bonds. The van der Waals surface area contributed by atoms with Gasteiger partial charge in [-0.1, -0.05) is 6.07 Å². The van der Waals surface area contributed by atoms with Gasteiger partial charge in [0, 0.05) is 17.5 Å². The number of carbonyl (C=O) groups is 1. The minimum absolute atomic E-state index is 0.0942. The minimum atomic E-state index is -0.582. The lowest BCUT2D eigenvalue weighted by Gasteiger charge is -2.20. The highest BCUT2D eigenvalue weighted by atomic mass is 32.1. The van der Waals surface area contributed by atoms with Crippen LogP contribution < -0.4 is 10.6 Å². The quantitative estimate of drug-likeness (QED) is 0.530. The minimum Gasteiger partial charge on any atom is -0.393 e. The lowest BCUT2D eigenvalue weighted by molar-refractivity contribution is -0.383. The van der Waals surface area contributed by atoms with Gasteiger partial charge >= 0.3 is 0 Å². The number of aromatic nitrogens is 1. The molecule has 2 aromatic rings. The van der Waals surface area contributed by atoms with Crippen LogP contribution in [-0.2, 0) is 0 Å². The maximum atomic E-state index is 12.8. The summed E-state index contributed by atoms with van der Waals surface area (Å²) in [4.78, 5) is 29.2. The molecule has 0 radical (unpaired) electrons. The van der Waals surface area contributed by atoms with Gasteiger partial charge in [0.25, 0.3) is 11.6 Å². The number of aryl methyl sites for hydroxylation is 1. The summed E-state index contributed by atoms with van der Waals surface area (Å²) >= 11 is 1.38. The van der Waals surface area contributed by atoms with Crippen molar-refractivity contribution in [1.82, 2.24) is 4.98 Å². The molecule has 2 N–H and O–H groups in total. The van der Waals surface area contributed by atoms with E-state index in [0.717, 1.165) is 18.5 Å². The Morgan fingerprint density at radius 1 is 1.50 bits per heavy atom. The van der Waals surface area contributed by atoms with Crippen molar-refractivity contribution in [3.05, 3.63) is 45.0 Å². The van der Waals surface area contributed by atoms with E-state index in [1.165, 1.54) is 29.5 Å². The molecule has 1 aliphatic carbocycles. The van der Waals surface area contributed by atoms with Crippen molar-refractivity contribution in [2.45, 2.75) is 25.8 Å². The molecule has 1 aliphatic rings. The van der Waals surface area contributed by atoms with Crippen molar-refractivity contribution in [1.29, 1.82) is 0 Å². The van der Waals surface area contributed by atoms with Crippen LogP contribution in [0.2, 0.25) is 0 Å². The Morgan fingerprint density at radius 2 is 2.23 bits per heavy atom. The molecule has 114 valence electrons. The predicted octanol–water partition coefficient (Wildman–Crippen LogP) is 2.75. The summed E-state index contributed by atoms with van der Waals surface area (Å²) in [7, 11) is 0. The van der Waals surface area contributed by atoms with Crippen LogP contribution in [0, 0.1) is 17.0 Å². The molecule has 0 spiro atoms. The predicted molar refractivity (Wildman–Crippen MR) is 84.2 cm³/mol. The zero-order chi connectivity index (χ0) is 15.9. The van der Waals surface area contributed by atoms with Gasteiger partial charge in [0.05, 0.1) is 16.2 Å². The summed E-state index contributed by atoms with van der Waals surface area (Å²) in [6.45, 7) is 1.86. The fourth-order valence-electron chi connectivity index (χ4n) is 2.22. The summed E-state index contributed by atoms with van der Waals surface area (Å²) in [5, 5.41) is 13.5. The highest BCUT2D eigenvalue weighted by Crippen LogP contribution is 2.36. The first kappa shape index (κ1) is 14.5. The lowest BCUT2D eigenvalue weighted by atomic mass is 10.1. The van der Waals surface area contributed by atoms with Crippen LogP contribution >= 0.6 is 11.3 Å². The van der Waals surface area contributed by atoms with Crippen molar-refractivity contribution < 1.29 is 9.72 Å². The highest BCUT2D eigenvalue weighted by Gasteiger charge is 2.37. The largest absolute Gasteiger partial charge is 0.393 e. The average Bonchev–Trinajstić information content (AvgIpc) is 3.21. The van der Waals surface area contributed by atoms with Crippen molar-refractivity contribution in [2.75, 3.05) is 10.6 Å². The number of hydrogen-bond acceptors (Lipinski definition) is 6. The van der Waals surface area contributed by atoms with Crippen LogP contribution in [0.1, 0.15) is 28.9 Å². The Balaban J connectivity index is 2.01. The number of nitro benzene ring substituents is 1. The summed E-state index contributed by atoms with van der Waals surface area (Å²) in [5.41, 5.74) is 6.45. The van der Waals surface area contributed by atoms with Crippen LogP contribution in [0.25, 0.3) is 0 Å². The Morgan fingerprint density at radius 3 is 2.77 bits per heavy atom. The van der Waals surface area contributed by atoms with E-state index in [9.17, 15) is 14.9 Å². The van der Waals surface area contributed by atoms with Gasteiger partial charge in [-0.15, -0.1) is 11.3 Å². The average molecular weight is 318 g/mol. The summed E-state index contributed by atoms with van der Waals surface area (Å²) < 4.78 is 0. The standard InChI is InChI=1S/C14H14N4O3S/c1-8-7-22-14(16-8)17(9-5-6-9)13(19)10-3-2-4-11(12(10)15)18(20)21/h2-4,7,9H,5-6,15H2,1H3. The third-order valence-electron chi connectivity index (χ3n) is 3.45. The molecule has 0 saturated heterocycles. The molecular weight excluding hydrogens is 304 g/mol. The lowest BCUT2D eigenvalue weighted by Crippen LogP contribution is -2.33. The molecule has 8 heteroatoms. The molecule has 1 aromatic heterocycles.